The highest BCUT2D eigenvalue weighted by Gasteiger charge is 2.15. The van der Waals surface area contributed by atoms with Crippen LogP contribution in [0.4, 0.5) is 0 Å². The lowest BCUT2D eigenvalue weighted by atomic mass is 10.1. The van der Waals surface area contributed by atoms with E-state index in [0.29, 0.717) is 12.2 Å². The smallest absolute Gasteiger partial charge is 0.148 e. The minimum atomic E-state index is -0.706. The Kier molecular flexibility index (Phi) is 3.92. The average Bonchev–Trinajstić information content (AvgIpc) is 2.87. The van der Waals surface area contributed by atoms with Crippen LogP contribution in [0, 0.1) is 0 Å². The van der Waals surface area contributed by atoms with Crippen LogP contribution in [0.5, 0.6) is 0 Å². The quantitative estimate of drug-likeness (QED) is 0.701. The van der Waals surface area contributed by atoms with Crippen LogP contribution in [0.3, 0.4) is 0 Å². The third-order valence-corrected chi connectivity index (χ3v) is 4.13. The van der Waals surface area contributed by atoms with Gasteiger partial charge in [-0.05, 0) is 56.1 Å². The van der Waals surface area contributed by atoms with Gasteiger partial charge in [-0.1, -0.05) is 12.1 Å². The van der Waals surface area contributed by atoms with Crippen molar-refractivity contribution in [3.8, 4) is 0 Å². The lowest BCUT2D eigenvalue weighted by molar-refractivity contribution is 0.151. The molecule has 0 fully saturated rings. The number of pyridine rings is 1. The molecule has 3 nitrogen and oxygen atoms in total. The van der Waals surface area contributed by atoms with E-state index in [1.54, 1.807) is 6.20 Å². The van der Waals surface area contributed by atoms with E-state index in [0.717, 1.165) is 25.6 Å². The predicted molar refractivity (Wildman–Crippen MR) is 84.5 cm³/mol. The largest absolute Gasteiger partial charge is 0.457 e. The van der Waals surface area contributed by atoms with E-state index in [4.69, 9.17) is 4.42 Å². The van der Waals surface area contributed by atoms with Gasteiger partial charge < -0.3 is 9.52 Å². The average molecular weight is 397 g/mol. The van der Waals surface area contributed by atoms with Crippen molar-refractivity contribution >= 4 is 42.8 Å². The number of halogens is 2. The first kappa shape index (κ1) is 13.8. The molecule has 1 aromatic carbocycles. The summed E-state index contributed by atoms with van der Waals surface area (Å²) in [4.78, 5) is 4.26. The van der Waals surface area contributed by atoms with Crippen molar-refractivity contribution in [1.29, 1.82) is 0 Å². The lowest BCUT2D eigenvalue weighted by Gasteiger charge is -2.06. The zero-order chi connectivity index (χ0) is 14.1. The minimum Gasteiger partial charge on any atom is -0.457 e. The molecule has 0 amide bonds. The Balaban J connectivity index is 1.86. The van der Waals surface area contributed by atoms with Crippen LogP contribution in [-0.4, -0.2) is 10.1 Å². The maximum absolute atomic E-state index is 10.3. The first-order valence-corrected chi connectivity index (χ1v) is 7.68. The summed E-state index contributed by atoms with van der Waals surface area (Å²) in [6.45, 7) is 0. The van der Waals surface area contributed by atoms with E-state index in [1.807, 2.05) is 36.4 Å². The molecule has 0 bridgehead atoms. The van der Waals surface area contributed by atoms with Gasteiger partial charge in [-0.15, -0.1) is 0 Å². The zero-order valence-electron chi connectivity index (χ0n) is 10.4. The second-order valence-corrected chi connectivity index (χ2v) is 6.26. The van der Waals surface area contributed by atoms with E-state index in [-0.39, 0.29) is 0 Å². The maximum atomic E-state index is 10.3. The van der Waals surface area contributed by atoms with Gasteiger partial charge in [-0.2, -0.15) is 0 Å². The van der Waals surface area contributed by atoms with E-state index >= 15 is 0 Å². The fourth-order valence-electron chi connectivity index (χ4n) is 2.04. The van der Waals surface area contributed by atoms with Gasteiger partial charge in [0.05, 0.1) is 4.47 Å². The molecular weight excluding hydrogens is 386 g/mol. The van der Waals surface area contributed by atoms with Crippen molar-refractivity contribution < 1.29 is 9.52 Å². The van der Waals surface area contributed by atoms with Gasteiger partial charge in [0.25, 0.3) is 0 Å². The molecule has 5 heteroatoms. The van der Waals surface area contributed by atoms with Gasteiger partial charge in [-0.3, -0.25) is 4.98 Å². The second kappa shape index (κ2) is 5.68. The molecule has 0 aliphatic carbocycles. The Bertz CT molecular complexity index is 737. The first-order valence-electron chi connectivity index (χ1n) is 6.10. The topological polar surface area (TPSA) is 46.3 Å². The molecule has 1 N–H and O–H groups in total. The molecule has 3 rings (SSSR count). The maximum Gasteiger partial charge on any atom is 0.148 e. The summed E-state index contributed by atoms with van der Waals surface area (Å²) >= 11 is 6.78. The first-order chi connectivity index (χ1) is 9.63. The second-order valence-electron chi connectivity index (χ2n) is 4.49. The highest BCUT2D eigenvalue weighted by atomic mass is 79.9. The number of aromatic nitrogens is 1. The Morgan fingerprint density at radius 1 is 1.20 bits per heavy atom. The summed E-state index contributed by atoms with van der Waals surface area (Å²) in [5.41, 5.74) is 1.57. The number of furan rings is 1. The van der Waals surface area contributed by atoms with Gasteiger partial charge in [0.2, 0.25) is 0 Å². The van der Waals surface area contributed by atoms with Crippen LogP contribution in [-0.2, 0) is 6.42 Å². The molecule has 0 aliphatic heterocycles. The molecule has 0 spiro atoms. The highest BCUT2D eigenvalue weighted by Crippen LogP contribution is 2.30. The Morgan fingerprint density at radius 2 is 2.05 bits per heavy atom. The highest BCUT2D eigenvalue weighted by molar-refractivity contribution is 9.11. The van der Waals surface area contributed by atoms with Crippen LogP contribution in [0.1, 0.15) is 17.6 Å². The Morgan fingerprint density at radius 3 is 2.75 bits per heavy atom. The van der Waals surface area contributed by atoms with E-state index in [1.165, 1.54) is 0 Å². The third-order valence-electron chi connectivity index (χ3n) is 3.03. The fraction of sp³-hybridized carbons (Fsp3) is 0.133. The molecule has 3 aromatic rings. The van der Waals surface area contributed by atoms with Crippen LogP contribution in [0.2, 0.25) is 0 Å². The van der Waals surface area contributed by atoms with E-state index in [2.05, 4.69) is 36.8 Å². The molecule has 2 aromatic heterocycles. The number of aliphatic hydroxyl groups is 1. The van der Waals surface area contributed by atoms with Crippen molar-refractivity contribution in [2.45, 2.75) is 12.5 Å². The predicted octanol–water partition coefficient (Wildman–Crippen LogP) is 4.63. The summed E-state index contributed by atoms with van der Waals surface area (Å²) < 4.78 is 7.53. The van der Waals surface area contributed by atoms with Gasteiger partial charge in [0.1, 0.15) is 17.4 Å². The van der Waals surface area contributed by atoms with E-state index < -0.39 is 6.10 Å². The van der Waals surface area contributed by atoms with Crippen LogP contribution in [0.15, 0.2) is 56.0 Å². The number of benzene rings is 1. The molecule has 1 unspecified atom stereocenters. The number of nitrogens with zero attached hydrogens (tertiary/aromatic N) is 1. The van der Waals surface area contributed by atoms with Crippen LogP contribution < -0.4 is 0 Å². The normalized spacial score (nSPS) is 12.8. The summed E-state index contributed by atoms with van der Waals surface area (Å²) in [6.07, 6.45) is 1.44. The number of fused-ring (bicyclic) bond motifs is 1. The molecule has 0 saturated heterocycles. The van der Waals surface area contributed by atoms with Gasteiger partial charge >= 0.3 is 0 Å². The van der Waals surface area contributed by atoms with Crippen molar-refractivity contribution in [2.24, 2.45) is 0 Å². The molecule has 0 aliphatic rings. The molecule has 20 heavy (non-hydrogen) atoms. The SMILES string of the molecule is OC(Cc1ccc(Br)cn1)c1cc2cccc(Br)c2o1. The van der Waals surface area contributed by atoms with Crippen molar-refractivity contribution in [3.05, 3.63) is 63.0 Å². The summed E-state index contributed by atoms with van der Waals surface area (Å²) in [5.74, 6) is 0.552. The van der Waals surface area contributed by atoms with Crippen molar-refractivity contribution in [1.82, 2.24) is 4.98 Å². The molecule has 102 valence electrons. The molecule has 2 heterocycles. The van der Waals surface area contributed by atoms with Crippen molar-refractivity contribution in [2.75, 3.05) is 0 Å². The number of hydrogen-bond acceptors (Lipinski definition) is 3. The Labute approximate surface area is 132 Å². The minimum absolute atomic E-state index is 0.421. The summed E-state index contributed by atoms with van der Waals surface area (Å²) in [6, 6.07) is 11.5. The summed E-state index contributed by atoms with van der Waals surface area (Å²) in [5, 5.41) is 11.2. The lowest BCUT2D eigenvalue weighted by Crippen LogP contribution is -2.01. The molecule has 0 saturated carbocycles. The van der Waals surface area contributed by atoms with Gasteiger partial charge in [0.15, 0.2) is 0 Å². The number of aliphatic hydroxyl groups excluding tert-OH is 1. The molecule has 0 radical (unpaired) electrons. The number of hydrogen-bond donors (Lipinski definition) is 1. The fourth-order valence-corrected chi connectivity index (χ4v) is 2.73. The standard InChI is InChI=1S/C15H11Br2NO2/c16-10-4-5-11(18-8-10)7-13(19)14-6-9-2-1-3-12(17)15(9)20-14/h1-6,8,13,19H,7H2. The van der Waals surface area contributed by atoms with Crippen LogP contribution in [0.25, 0.3) is 11.0 Å². The molecular formula is C15H11Br2NO2. The monoisotopic (exact) mass is 395 g/mol. The third kappa shape index (κ3) is 2.80. The number of rotatable bonds is 3. The van der Waals surface area contributed by atoms with Gasteiger partial charge in [-0.25, -0.2) is 0 Å². The summed E-state index contributed by atoms with van der Waals surface area (Å²) in [7, 11) is 0. The van der Waals surface area contributed by atoms with Crippen molar-refractivity contribution in [3.63, 3.8) is 0 Å². The zero-order valence-corrected chi connectivity index (χ0v) is 13.6. The number of para-hydroxylation sites is 1. The van der Waals surface area contributed by atoms with Gasteiger partial charge in [0, 0.05) is 28.2 Å². The molecule has 1 atom stereocenters. The van der Waals surface area contributed by atoms with E-state index in [9.17, 15) is 5.11 Å². The Hall–Kier alpha value is -1.17. The van der Waals surface area contributed by atoms with Crippen LogP contribution >= 0.6 is 31.9 Å².